The number of carboxylic acids is 1. The largest absolute Gasteiger partial charge is 0.480 e. The number of carboxylic acid groups (broad SMARTS) is 1. The molecule has 3 heterocycles. The van der Waals surface area contributed by atoms with Gasteiger partial charge in [0.05, 0.1) is 0 Å². The number of nitrogens with zero attached hydrogens (tertiary/aromatic N) is 3. The second kappa shape index (κ2) is 10.6. The molecule has 0 radical (unpaired) electrons. The van der Waals surface area contributed by atoms with Crippen molar-refractivity contribution < 1.29 is 32.2 Å². The van der Waals surface area contributed by atoms with Crippen LogP contribution in [-0.2, 0) is 4.79 Å². The van der Waals surface area contributed by atoms with Gasteiger partial charge in [-0.25, -0.2) is 4.39 Å². The fourth-order valence-electron chi connectivity index (χ4n) is 5.40. The molecule has 2 saturated heterocycles. The van der Waals surface area contributed by atoms with E-state index in [4.69, 9.17) is 10.5 Å². The Morgan fingerprint density at radius 3 is 2.40 bits per heavy atom. The van der Waals surface area contributed by atoms with Crippen LogP contribution in [0.25, 0.3) is 11.1 Å². The maximum atomic E-state index is 14.1. The maximum absolute atomic E-state index is 14.1. The second-order valence-corrected chi connectivity index (χ2v) is 10.5. The minimum atomic E-state index is -4.76. The van der Waals surface area contributed by atoms with Gasteiger partial charge in [-0.3, -0.25) is 4.79 Å². The predicted octanol–water partition coefficient (Wildman–Crippen LogP) is 4.89. The van der Waals surface area contributed by atoms with E-state index in [1.54, 1.807) is 19.1 Å². The average molecular weight is 560 g/mol. The zero-order valence-electron chi connectivity index (χ0n) is 21.7. The predicted molar refractivity (Wildman–Crippen MR) is 140 cm³/mol. The number of piperidine rings is 1. The molecule has 2 aliphatic rings. The van der Waals surface area contributed by atoms with Gasteiger partial charge >= 0.3 is 12.1 Å². The summed E-state index contributed by atoms with van der Waals surface area (Å²) in [4.78, 5) is 21.3. The lowest BCUT2D eigenvalue weighted by molar-refractivity contribution is -0.198. The summed E-state index contributed by atoms with van der Waals surface area (Å²) < 4.78 is 61.7. The Morgan fingerprint density at radius 2 is 1.80 bits per heavy atom. The lowest BCUT2D eigenvalue weighted by Gasteiger charge is -2.39. The quantitative estimate of drug-likeness (QED) is 0.366. The molecular formula is C28H29F4N5O3. The van der Waals surface area contributed by atoms with Gasteiger partial charge < -0.3 is 25.8 Å². The van der Waals surface area contributed by atoms with Gasteiger partial charge in [-0.2, -0.15) is 23.1 Å². The van der Waals surface area contributed by atoms with Crippen molar-refractivity contribution in [2.45, 2.75) is 44.5 Å². The van der Waals surface area contributed by atoms with Crippen LogP contribution in [-0.4, -0.2) is 52.9 Å². The molecule has 0 saturated carbocycles. The molecule has 0 bridgehead atoms. The molecule has 2 aliphatic heterocycles. The maximum Gasteiger partial charge on any atom is 0.429 e. The Hall–Kier alpha value is -3.93. The van der Waals surface area contributed by atoms with Gasteiger partial charge in [-0.1, -0.05) is 36.4 Å². The fraction of sp³-hybridized carbons (Fsp3) is 0.393. The summed E-state index contributed by atoms with van der Waals surface area (Å²) in [5.41, 5.74) is 7.13. The number of aromatic nitrogens is 2. The van der Waals surface area contributed by atoms with Crippen LogP contribution in [0.1, 0.15) is 36.5 Å². The number of rotatable bonds is 6. The Bertz CT molecular complexity index is 1390. The number of nitrogens with two attached hydrogens (primary N) is 1. The zero-order chi connectivity index (χ0) is 28.7. The van der Waals surface area contributed by atoms with Crippen molar-refractivity contribution in [2.24, 2.45) is 5.41 Å². The Kier molecular flexibility index (Phi) is 7.30. The van der Waals surface area contributed by atoms with Gasteiger partial charge in [0.15, 0.2) is 0 Å². The minimum Gasteiger partial charge on any atom is -0.480 e. The van der Waals surface area contributed by atoms with Crippen molar-refractivity contribution in [3.05, 3.63) is 65.5 Å². The van der Waals surface area contributed by atoms with E-state index in [2.05, 4.69) is 15.3 Å². The molecule has 0 unspecified atom stereocenters. The molecule has 0 amide bonds. The standard InChI is InChI=1S/C28H29F4N5O3/c1-16-2-3-19(12-20(16)29)17-4-6-18(7-5-17)24(28(30,31)32)40-23-13-22(35-26(33)36-23)37-10-8-27(9-11-37)14-21(25(38)39)34-15-27/h2-7,12-13,21,24,34H,8-11,14-15H2,1H3,(H,38,39)(H2,33,35,36)/t21-,24+/m0/s1. The summed E-state index contributed by atoms with van der Waals surface area (Å²) in [5, 5.41) is 12.4. The summed E-state index contributed by atoms with van der Waals surface area (Å²) in [6.45, 7) is 3.30. The van der Waals surface area contributed by atoms with Gasteiger partial charge in [0.2, 0.25) is 17.9 Å². The van der Waals surface area contributed by atoms with Crippen LogP contribution in [0, 0.1) is 18.2 Å². The topological polar surface area (TPSA) is 114 Å². The molecule has 1 spiro atoms. The number of carbonyl (C=O) groups is 1. The van der Waals surface area contributed by atoms with Crippen molar-refractivity contribution in [3.63, 3.8) is 0 Å². The molecule has 4 N–H and O–H groups in total. The van der Waals surface area contributed by atoms with Crippen LogP contribution in [0.3, 0.4) is 0 Å². The summed E-state index contributed by atoms with van der Waals surface area (Å²) in [7, 11) is 0. The molecule has 0 aliphatic carbocycles. The third kappa shape index (κ3) is 5.81. The first-order chi connectivity index (χ1) is 18.9. The average Bonchev–Trinajstić information content (AvgIpc) is 3.32. The molecule has 8 nitrogen and oxygen atoms in total. The normalized spacial score (nSPS) is 19.5. The molecular weight excluding hydrogens is 530 g/mol. The zero-order valence-corrected chi connectivity index (χ0v) is 21.7. The number of benzene rings is 2. The van der Waals surface area contributed by atoms with E-state index in [1.807, 2.05) is 4.90 Å². The lowest BCUT2D eigenvalue weighted by Crippen LogP contribution is -2.41. The first kappa shape index (κ1) is 27.6. The van der Waals surface area contributed by atoms with Crippen molar-refractivity contribution in [3.8, 4) is 17.0 Å². The Labute approximate surface area is 228 Å². The summed E-state index contributed by atoms with van der Waals surface area (Å²) >= 11 is 0. The number of nitrogens with one attached hydrogen (secondary N) is 1. The van der Waals surface area contributed by atoms with Gasteiger partial charge in [0.1, 0.15) is 17.7 Å². The highest BCUT2D eigenvalue weighted by Crippen LogP contribution is 2.41. The minimum absolute atomic E-state index is 0.143. The summed E-state index contributed by atoms with van der Waals surface area (Å²) in [6, 6.07) is 11.0. The number of alkyl halides is 3. The second-order valence-electron chi connectivity index (χ2n) is 10.5. The van der Waals surface area contributed by atoms with E-state index in [1.165, 1.54) is 36.4 Å². The van der Waals surface area contributed by atoms with Crippen LogP contribution < -0.4 is 20.7 Å². The summed E-state index contributed by atoms with van der Waals surface area (Å²) in [6.07, 6.45) is -5.15. The highest BCUT2D eigenvalue weighted by Gasteiger charge is 2.45. The van der Waals surface area contributed by atoms with Crippen molar-refractivity contribution >= 4 is 17.7 Å². The molecule has 2 atom stereocenters. The van der Waals surface area contributed by atoms with E-state index in [9.17, 15) is 27.5 Å². The van der Waals surface area contributed by atoms with Crippen LogP contribution >= 0.6 is 0 Å². The van der Waals surface area contributed by atoms with Gasteiger partial charge in [-0.05, 0) is 54.4 Å². The van der Waals surface area contributed by atoms with Crippen LogP contribution in [0.2, 0.25) is 0 Å². The van der Waals surface area contributed by atoms with Crippen LogP contribution in [0.4, 0.5) is 29.3 Å². The number of hydrogen-bond donors (Lipinski definition) is 3. The van der Waals surface area contributed by atoms with E-state index in [-0.39, 0.29) is 22.8 Å². The fourth-order valence-corrected chi connectivity index (χ4v) is 5.40. The monoisotopic (exact) mass is 559 g/mol. The third-order valence-electron chi connectivity index (χ3n) is 7.77. The molecule has 1 aromatic heterocycles. The van der Waals surface area contributed by atoms with Crippen molar-refractivity contribution in [2.75, 3.05) is 30.3 Å². The highest BCUT2D eigenvalue weighted by molar-refractivity contribution is 5.74. The van der Waals surface area contributed by atoms with Crippen LogP contribution in [0.15, 0.2) is 48.5 Å². The summed E-state index contributed by atoms with van der Waals surface area (Å²) in [5.74, 6) is -1.47. The van der Waals surface area contributed by atoms with E-state index < -0.39 is 30.1 Å². The Morgan fingerprint density at radius 1 is 1.12 bits per heavy atom. The van der Waals surface area contributed by atoms with Crippen molar-refractivity contribution in [1.82, 2.24) is 15.3 Å². The lowest BCUT2D eigenvalue weighted by atomic mass is 9.76. The number of hydrogen-bond acceptors (Lipinski definition) is 7. The van der Waals surface area contributed by atoms with Gasteiger partial charge in [-0.15, -0.1) is 0 Å². The van der Waals surface area contributed by atoms with Gasteiger partial charge in [0, 0.05) is 31.3 Å². The molecule has 212 valence electrons. The number of halogens is 4. The Balaban J connectivity index is 1.32. The molecule has 2 aromatic carbocycles. The van der Waals surface area contributed by atoms with E-state index >= 15 is 0 Å². The van der Waals surface area contributed by atoms with E-state index in [0.29, 0.717) is 61.4 Å². The number of nitrogen functional groups attached to an aromatic ring is 1. The highest BCUT2D eigenvalue weighted by atomic mass is 19.4. The number of aryl methyl sites for hydroxylation is 1. The molecule has 12 heteroatoms. The first-order valence-electron chi connectivity index (χ1n) is 12.9. The van der Waals surface area contributed by atoms with E-state index in [0.717, 1.165) is 0 Å². The number of aliphatic carboxylic acids is 1. The number of ether oxygens (including phenoxy) is 1. The smallest absolute Gasteiger partial charge is 0.429 e. The number of anilines is 2. The molecule has 3 aromatic rings. The molecule has 40 heavy (non-hydrogen) atoms. The SMILES string of the molecule is Cc1ccc(-c2ccc([C@@H](Oc3cc(N4CCC5(CC4)CN[C@H](C(=O)O)C5)nc(N)n3)C(F)(F)F)cc2)cc1F. The molecule has 2 fully saturated rings. The van der Waals surface area contributed by atoms with Crippen LogP contribution in [0.5, 0.6) is 5.88 Å². The van der Waals surface area contributed by atoms with Crippen molar-refractivity contribution in [1.29, 1.82) is 0 Å². The van der Waals surface area contributed by atoms with Gasteiger partial charge in [0.25, 0.3) is 0 Å². The first-order valence-corrected chi connectivity index (χ1v) is 12.9. The molecule has 5 rings (SSSR count). The third-order valence-corrected chi connectivity index (χ3v) is 7.77.